The zero-order valence-electron chi connectivity index (χ0n) is 19.2. The highest BCUT2D eigenvalue weighted by molar-refractivity contribution is 5.99. The molecular formula is C25H27FN2O5. The van der Waals surface area contributed by atoms with Crippen LogP contribution in [0.25, 0.3) is 11.0 Å². The summed E-state index contributed by atoms with van der Waals surface area (Å²) < 4.78 is 31.2. The van der Waals surface area contributed by atoms with Crippen LogP contribution < -0.4 is 14.9 Å². The van der Waals surface area contributed by atoms with Crippen LogP contribution in [-0.4, -0.2) is 56.1 Å². The van der Waals surface area contributed by atoms with Gasteiger partial charge in [-0.3, -0.25) is 9.59 Å². The van der Waals surface area contributed by atoms with E-state index in [0.29, 0.717) is 43.4 Å². The van der Waals surface area contributed by atoms with Gasteiger partial charge in [0.05, 0.1) is 30.2 Å². The topological polar surface area (TPSA) is 72.2 Å². The van der Waals surface area contributed by atoms with Crippen molar-refractivity contribution in [2.75, 3.05) is 40.4 Å². The highest BCUT2D eigenvalue weighted by atomic mass is 19.1. The normalized spacial score (nSPS) is 15.4. The van der Waals surface area contributed by atoms with E-state index in [1.807, 2.05) is 38.9 Å². The highest BCUT2D eigenvalue weighted by Gasteiger charge is 2.42. The number of ether oxygens (including phenoxy) is 2. The number of halogens is 1. The van der Waals surface area contributed by atoms with Gasteiger partial charge in [0.2, 0.25) is 5.76 Å². The van der Waals surface area contributed by atoms with E-state index in [2.05, 4.69) is 0 Å². The molecule has 0 radical (unpaired) electrons. The van der Waals surface area contributed by atoms with E-state index in [1.54, 1.807) is 17.0 Å². The first-order valence-corrected chi connectivity index (χ1v) is 11.0. The SMILES string of the molecule is CCOc1ccc(C2c3c(oc4ccc(F)cc4c3=O)C(=O)N2CCN(C)C)cc1OCC. The van der Waals surface area contributed by atoms with Gasteiger partial charge >= 0.3 is 0 Å². The molecule has 3 aromatic rings. The highest BCUT2D eigenvalue weighted by Crippen LogP contribution is 2.41. The minimum Gasteiger partial charge on any atom is -0.490 e. The molecule has 1 unspecified atom stereocenters. The predicted molar refractivity (Wildman–Crippen MR) is 123 cm³/mol. The molecule has 1 aliphatic heterocycles. The number of likely N-dealkylation sites (N-methyl/N-ethyl adjacent to an activating group) is 1. The second-order valence-corrected chi connectivity index (χ2v) is 8.09. The molecule has 0 aliphatic carbocycles. The Morgan fingerprint density at radius 1 is 1.03 bits per heavy atom. The van der Waals surface area contributed by atoms with Crippen LogP contribution in [0.4, 0.5) is 4.39 Å². The molecule has 4 rings (SSSR count). The number of nitrogens with zero attached hydrogens (tertiary/aromatic N) is 2. The second kappa shape index (κ2) is 9.23. The minimum atomic E-state index is -0.689. The van der Waals surface area contributed by atoms with Crippen LogP contribution in [0, 0.1) is 5.82 Å². The Morgan fingerprint density at radius 2 is 1.76 bits per heavy atom. The van der Waals surface area contributed by atoms with E-state index in [9.17, 15) is 14.0 Å². The van der Waals surface area contributed by atoms with Crippen molar-refractivity contribution in [3.63, 3.8) is 0 Å². The summed E-state index contributed by atoms with van der Waals surface area (Å²) in [5.41, 5.74) is 0.672. The van der Waals surface area contributed by atoms with Crippen molar-refractivity contribution in [1.82, 2.24) is 9.80 Å². The molecule has 0 N–H and O–H groups in total. The average Bonchev–Trinajstić information content (AvgIpc) is 3.06. The van der Waals surface area contributed by atoms with Crippen LogP contribution >= 0.6 is 0 Å². The third-order valence-electron chi connectivity index (χ3n) is 5.60. The maximum atomic E-state index is 13.9. The lowest BCUT2D eigenvalue weighted by molar-refractivity contribution is 0.0716. The van der Waals surface area contributed by atoms with E-state index >= 15 is 0 Å². The number of benzene rings is 2. The maximum Gasteiger partial charge on any atom is 0.290 e. The van der Waals surface area contributed by atoms with Gasteiger partial charge in [-0.15, -0.1) is 0 Å². The summed E-state index contributed by atoms with van der Waals surface area (Å²) in [6.45, 7) is 5.62. The molecule has 33 heavy (non-hydrogen) atoms. The standard InChI is InChI=1S/C25H27FN2O5/c1-5-31-19-9-7-15(13-20(19)32-6-2)22-21-23(29)17-14-16(26)8-10-18(17)33-24(21)25(30)28(22)12-11-27(3)4/h7-10,13-14,22H,5-6,11-12H2,1-4H3. The molecule has 0 spiro atoms. The Balaban J connectivity index is 1.92. The van der Waals surface area contributed by atoms with Crippen LogP contribution in [0.5, 0.6) is 11.5 Å². The van der Waals surface area contributed by atoms with Crippen molar-refractivity contribution in [2.45, 2.75) is 19.9 Å². The largest absolute Gasteiger partial charge is 0.490 e. The fourth-order valence-corrected chi connectivity index (χ4v) is 4.12. The molecule has 0 fully saturated rings. The Kier molecular flexibility index (Phi) is 6.37. The smallest absolute Gasteiger partial charge is 0.290 e. The average molecular weight is 454 g/mol. The number of carbonyl (C=O) groups is 1. The molecule has 8 heteroatoms. The van der Waals surface area contributed by atoms with Gasteiger partial charge in [-0.25, -0.2) is 4.39 Å². The molecule has 2 aromatic carbocycles. The zero-order chi connectivity index (χ0) is 23.7. The van der Waals surface area contributed by atoms with E-state index in [1.165, 1.54) is 12.1 Å². The van der Waals surface area contributed by atoms with Crippen LogP contribution in [0.15, 0.2) is 45.6 Å². The maximum absolute atomic E-state index is 13.9. The van der Waals surface area contributed by atoms with Gasteiger partial charge in [-0.2, -0.15) is 0 Å². The molecule has 1 atom stereocenters. The minimum absolute atomic E-state index is 0.00490. The van der Waals surface area contributed by atoms with Crippen molar-refractivity contribution in [1.29, 1.82) is 0 Å². The summed E-state index contributed by atoms with van der Waals surface area (Å²) in [7, 11) is 3.82. The number of fused-ring (bicyclic) bond motifs is 2. The summed E-state index contributed by atoms with van der Waals surface area (Å²) in [5, 5.41) is 0.108. The second-order valence-electron chi connectivity index (χ2n) is 8.09. The molecule has 0 saturated heterocycles. The molecular weight excluding hydrogens is 427 g/mol. The third-order valence-corrected chi connectivity index (χ3v) is 5.60. The van der Waals surface area contributed by atoms with Gasteiger partial charge in [0.25, 0.3) is 5.91 Å². The molecule has 0 saturated carbocycles. The molecule has 1 aromatic heterocycles. The van der Waals surface area contributed by atoms with Gasteiger partial charge in [0, 0.05) is 13.1 Å². The summed E-state index contributed by atoms with van der Waals surface area (Å²) in [4.78, 5) is 30.5. The molecule has 174 valence electrons. The number of rotatable bonds is 8. The van der Waals surface area contributed by atoms with Crippen molar-refractivity contribution < 1.29 is 23.1 Å². The van der Waals surface area contributed by atoms with Gasteiger partial charge < -0.3 is 23.7 Å². The molecule has 7 nitrogen and oxygen atoms in total. The summed E-state index contributed by atoms with van der Waals surface area (Å²) in [6, 6.07) is 8.43. The van der Waals surface area contributed by atoms with Crippen molar-refractivity contribution in [3.8, 4) is 11.5 Å². The quantitative estimate of drug-likeness (QED) is 0.515. The summed E-state index contributed by atoms with van der Waals surface area (Å²) in [5.74, 6) is 0.197. The van der Waals surface area contributed by atoms with Gasteiger partial charge in [-0.05, 0) is 63.8 Å². The van der Waals surface area contributed by atoms with Crippen LogP contribution in [0.1, 0.15) is 41.6 Å². The Morgan fingerprint density at radius 3 is 2.45 bits per heavy atom. The lowest BCUT2D eigenvalue weighted by Gasteiger charge is -2.27. The molecule has 1 aliphatic rings. The van der Waals surface area contributed by atoms with Crippen molar-refractivity contribution >= 4 is 16.9 Å². The lowest BCUT2D eigenvalue weighted by atomic mass is 9.98. The van der Waals surface area contributed by atoms with Crippen molar-refractivity contribution in [3.05, 3.63) is 69.3 Å². The number of hydrogen-bond acceptors (Lipinski definition) is 6. The third kappa shape index (κ3) is 4.18. The van der Waals surface area contributed by atoms with E-state index in [4.69, 9.17) is 13.9 Å². The predicted octanol–water partition coefficient (Wildman–Crippen LogP) is 3.84. The number of amides is 1. The van der Waals surface area contributed by atoms with E-state index in [0.717, 1.165) is 6.07 Å². The Hall–Kier alpha value is -3.39. The van der Waals surface area contributed by atoms with E-state index in [-0.39, 0.29) is 28.2 Å². The zero-order valence-corrected chi connectivity index (χ0v) is 19.2. The summed E-state index contributed by atoms with van der Waals surface area (Å²) >= 11 is 0. The molecule has 2 heterocycles. The van der Waals surface area contributed by atoms with Crippen LogP contribution in [0.2, 0.25) is 0 Å². The van der Waals surface area contributed by atoms with Gasteiger partial charge in [0.15, 0.2) is 16.9 Å². The molecule has 0 bridgehead atoms. The van der Waals surface area contributed by atoms with Gasteiger partial charge in [0.1, 0.15) is 11.4 Å². The first kappa shape index (κ1) is 22.8. The number of hydrogen-bond donors (Lipinski definition) is 0. The molecule has 1 amide bonds. The lowest BCUT2D eigenvalue weighted by Crippen LogP contribution is -2.35. The van der Waals surface area contributed by atoms with Crippen molar-refractivity contribution in [2.24, 2.45) is 0 Å². The van der Waals surface area contributed by atoms with Crippen LogP contribution in [-0.2, 0) is 0 Å². The first-order chi connectivity index (χ1) is 15.8. The number of carbonyl (C=O) groups excluding carboxylic acids is 1. The Bertz CT molecular complexity index is 1250. The Labute approximate surface area is 191 Å². The first-order valence-electron chi connectivity index (χ1n) is 11.0. The fraction of sp³-hybridized carbons (Fsp3) is 0.360. The summed E-state index contributed by atoms with van der Waals surface area (Å²) in [6.07, 6.45) is 0. The fourth-order valence-electron chi connectivity index (χ4n) is 4.12. The van der Waals surface area contributed by atoms with Crippen LogP contribution in [0.3, 0.4) is 0 Å². The monoisotopic (exact) mass is 454 g/mol. The van der Waals surface area contributed by atoms with Gasteiger partial charge in [-0.1, -0.05) is 6.07 Å². The van der Waals surface area contributed by atoms with E-state index < -0.39 is 17.3 Å².